The Hall–Kier alpha value is -0.350. The smallest absolute Gasteiger partial charge is 0.0326 e. The van der Waals surface area contributed by atoms with Gasteiger partial charge >= 0.3 is 0 Å². The molecule has 0 fully saturated rings. The van der Waals surface area contributed by atoms with E-state index in [2.05, 4.69) is 58.9 Å². The van der Waals surface area contributed by atoms with Crippen molar-refractivity contribution in [2.24, 2.45) is 0 Å². The Morgan fingerprint density at radius 2 is 1.00 bits per heavy atom. The fraction of sp³-hybridized carbons (Fsp3) is 0.700. The van der Waals surface area contributed by atoms with Crippen LogP contribution in [0.4, 0.5) is 0 Å². The second-order valence-corrected chi connectivity index (χ2v) is 8.67. The van der Waals surface area contributed by atoms with Crippen LogP contribution in [0.3, 0.4) is 0 Å². The summed E-state index contributed by atoms with van der Waals surface area (Å²) in [5.41, 5.74) is 2.74. The summed E-state index contributed by atoms with van der Waals surface area (Å²) >= 11 is 0. The number of hydrogen-bond donors (Lipinski definition) is 0. The van der Waals surface area contributed by atoms with Crippen LogP contribution in [0.1, 0.15) is 70.4 Å². The highest BCUT2D eigenvalue weighted by Gasteiger charge is 2.05. The Labute approximate surface area is 135 Å². The zero-order valence-corrected chi connectivity index (χ0v) is 16.0. The van der Waals surface area contributed by atoms with Crippen LogP contribution in [-0.2, 0) is 0 Å². The minimum Gasteiger partial charge on any atom is -0.107 e. The van der Waals surface area contributed by atoms with Gasteiger partial charge in [0.15, 0.2) is 0 Å². The predicted octanol–water partition coefficient (Wildman–Crippen LogP) is 7.17. The summed E-state index contributed by atoms with van der Waals surface area (Å²) < 4.78 is 0. The average molecular weight is 308 g/mol. The van der Waals surface area contributed by atoms with E-state index in [0.29, 0.717) is 7.92 Å². The summed E-state index contributed by atoms with van der Waals surface area (Å²) in [4.78, 5) is 0. The van der Waals surface area contributed by atoms with Crippen molar-refractivity contribution in [1.29, 1.82) is 0 Å². The molecule has 1 aromatic rings. The van der Waals surface area contributed by atoms with Crippen molar-refractivity contribution in [2.45, 2.75) is 73.1 Å². The molecule has 0 heterocycles. The summed E-state index contributed by atoms with van der Waals surface area (Å²) in [5, 5.41) is 0. The van der Waals surface area contributed by atoms with E-state index in [1.165, 1.54) is 49.7 Å². The monoisotopic (exact) mass is 308 g/mol. The standard InChI is InChI=1S/C12H27P.C8H10/c1-4-7-10-13(11-8-5-2)12-9-6-3;1-7-5-3-4-6-8(7)2/h4-12H2,1-3H3;3-6H,1-2H3. The van der Waals surface area contributed by atoms with Crippen LogP contribution in [0.15, 0.2) is 24.3 Å². The van der Waals surface area contributed by atoms with Crippen molar-refractivity contribution in [3.05, 3.63) is 35.4 Å². The first-order valence-electron chi connectivity index (χ1n) is 8.90. The van der Waals surface area contributed by atoms with Crippen molar-refractivity contribution in [3.8, 4) is 0 Å². The molecule has 1 rings (SSSR count). The normalized spacial score (nSPS) is 10.4. The third-order valence-electron chi connectivity index (χ3n) is 3.91. The summed E-state index contributed by atoms with van der Waals surface area (Å²) in [6.45, 7) is 11.2. The molecule has 0 aliphatic heterocycles. The van der Waals surface area contributed by atoms with Crippen LogP contribution < -0.4 is 0 Å². The second kappa shape index (κ2) is 14.6. The first kappa shape index (κ1) is 20.6. The molecule has 0 atom stereocenters. The molecular weight excluding hydrogens is 271 g/mol. The topological polar surface area (TPSA) is 0 Å². The van der Waals surface area contributed by atoms with Crippen LogP contribution in [0.2, 0.25) is 0 Å². The Balaban J connectivity index is 0.000000423. The van der Waals surface area contributed by atoms with Crippen molar-refractivity contribution < 1.29 is 0 Å². The number of unbranched alkanes of at least 4 members (excludes halogenated alkanes) is 3. The molecular formula is C20H37P. The van der Waals surface area contributed by atoms with Crippen molar-refractivity contribution >= 4 is 7.92 Å². The molecule has 0 saturated heterocycles. The van der Waals surface area contributed by atoms with Gasteiger partial charge in [0.25, 0.3) is 0 Å². The lowest BCUT2D eigenvalue weighted by Gasteiger charge is -2.16. The predicted molar refractivity (Wildman–Crippen MR) is 102 cm³/mol. The highest BCUT2D eigenvalue weighted by atomic mass is 31.1. The van der Waals surface area contributed by atoms with Crippen LogP contribution >= 0.6 is 7.92 Å². The largest absolute Gasteiger partial charge is 0.107 e. The summed E-state index contributed by atoms with van der Waals surface area (Å²) in [5.74, 6) is 0. The van der Waals surface area contributed by atoms with Gasteiger partial charge in [-0.3, -0.25) is 0 Å². The Morgan fingerprint density at radius 3 is 1.24 bits per heavy atom. The molecule has 0 bridgehead atoms. The highest BCUT2D eigenvalue weighted by molar-refractivity contribution is 7.57. The first-order chi connectivity index (χ1) is 10.2. The zero-order chi connectivity index (χ0) is 15.9. The van der Waals surface area contributed by atoms with Crippen LogP contribution in [-0.4, -0.2) is 18.5 Å². The second-order valence-electron chi connectivity index (χ2n) is 5.99. The molecule has 0 saturated carbocycles. The first-order valence-corrected chi connectivity index (χ1v) is 10.8. The van der Waals surface area contributed by atoms with Gasteiger partial charge in [-0.1, -0.05) is 64.3 Å². The van der Waals surface area contributed by atoms with Crippen LogP contribution in [0.5, 0.6) is 0 Å². The molecule has 0 unspecified atom stereocenters. The van der Waals surface area contributed by atoms with E-state index < -0.39 is 0 Å². The lowest BCUT2D eigenvalue weighted by atomic mass is 10.1. The van der Waals surface area contributed by atoms with Gasteiger partial charge in [-0.05, 0) is 62.7 Å². The Morgan fingerprint density at radius 1 is 0.667 bits per heavy atom. The number of benzene rings is 1. The lowest BCUT2D eigenvalue weighted by Crippen LogP contribution is -1.95. The molecule has 122 valence electrons. The van der Waals surface area contributed by atoms with E-state index in [4.69, 9.17) is 0 Å². The lowest BCUT2D eigenvalue weighted by molar-refractivity contribution is 0.847. The van der Waals surface area contributed by atoms with Crippen molar-refractivity contribution in [2.75, 3.05) is 18.5 Å². The summed E-state index contributed by atoms with van der Waals surface area (Å²) in [7, 11) is 0.422. The van der Waals surface area contributed by atoms with Gasteiger partial charge in [-0.25, -0.2) is 0 Å². The van der Waals surface area contributed by atoms with E-state index in [0.717, 1.165) is 0 Å². The Kier molecular flexibility index (Phi) is 14.3. The highest BCUT2D eigenvalue weighted by Crippen LogP contribution is 2.38. The van der Waals surface area contributed by atoms with E-state index in [1.54, 1.807) is 18.5 Å². The van der Waals surface area contributed by atoms with E-state index in [-0.39, 0.29) is 0 Å². The van der Waals surface area contributed by atoms with Gasteiger partial charge < -0.3 is 0 Å². The van der Waals surface area contributed by atoms with Gasteiger partial charge in [-0.15, -0.1) is 7.92 Å². The third kappa shape index (κ3) is 11.9. The van der Waals surface area contributed by atoms with Gasteiger partial charge in [0.2, 0.25) is 0 Å². The van der Waals surface area contributed by atoms with Gasteiger partial charge in [-0.2, -0.15) is 0 Å². The fourth-order valence-corrected chi connectivity index (χ4v) is 5.10. The molecule has 0 spiro atoms. The quantitative estimate of drug-likeness (QED) is 0.424. The molecule has 0 aliphatic carbocycles. The van der Waals surface area contributed by atoms with Crippen LogP contribution in [0, 0.1) is 13.8 Å². The van der Waals surface area contributed by atoms with Gasteiger partial charge in [0.05, 0.1) is 0 Å². The molecule has 0 aliphatic rings. The fourth-order valence-electron chi connectivity index (χ4n) is 2.14. The van der Waals surface area contributed by atoms with Crippen molar-refractivity contribution in [3.63, 3.8) is 0 Å². The molecule has 1 heteroatoms. The molecule has 0 amide bonds. The maximum atomic E-state index is 2.31. The molecule has 1 aromatic carbocycles. The maximum Gasteiger partial charge on any atom is -0.0326 e. The molecule has 0 aromatic heterocycles. The minimum absolute atomic E-state index is 0.422. The third-order valence-corrected chi connectivity index (χ3v) is 6.76. The van der Waals surface area contributed by atoms with Gasteiger partial charge in [0, 0.05) is 0 Å². The molecule has 0 radical (unpaired) electrons. The summed E-state index contributed by atoms with van der Waals surface area (Å²) in [6.07, 6.45) is 13.2. The molecule has 0 N–H and O–H groups in total. The zero-order valence-electron chi connectivity index (χ0n) is 15.1. The summed E-state index contributed by atoms with van der Waals surface area (Å²) in [6, 6.07) is 8.36. The molecule has 21 heavy (non-hydrogen) atoms. The number of rotatable bonds is 9. The van der Waals surface area contributed by atoms with E-state index >= 15 is 0 Å². The van der Waals surface area contributed by atoms with E-state index in [1.807, 2.05) is 0 Å². The Bertz CT molecular complexity index is 292. The minimum atomic E-state index is 0.422. The average Bonchev–Trinajstić information content (AvgIpc) is 2.50. The maximum absolute atomic E-state index is 2.31. The van der Waals surface area contributed by atoms with Gasteiger partial charge in [0.1, 0.15) is 0 Å². The van der Waals surface area contributed by atoms with E-state index in [9.17, 15) is 0 Å². The number of hydrogen-bond acceptors (Lipinski definition) is 0. The van der Waals surface area contributed by atoms with Crippen LogP contribution in [0.25, 0.3) is 0 Å². The van der Waals surface area contributed by atoms with Crippen molar-refractivity contribution in [1.82, 2.24) is 0 Å². The number of aryl methyl sites for hydroxylation is 2. The molecule has 0 nitrogen and oxygen atoms in total. The SMILES string of the molecule is CCCCP(CCCC)CCCC.Cc1ccccc1C.